The standard InChI is InChI=1S/C15H21FO3/c16-10-14(19-15-8-4-5-9-18-15)12-17-11-13-6-2-1-3-7-13/h1-3,6-7,14-15H,4-5,8-12H2/t14-,15?/m1/s1. The van der Waals surface area contributed by atoms with Gasteiger partial charge in [0.15, 0.2) is 6.29 Å². The van der Waals surface area contributed by atoms with Crippen molar-refractivity contribution in [2.75, 3.05) is 19.9 Å². The van der Waals surface area contributed by atoms with Crippen molar-refractivity contribution in [3.05, 3.63) is 35.9 Å². The second-order valence-corrected chi connectivity index (χ2v) is 4.71. The van der Waals surface area contributed by atoms with E-state index in [1.807, 2.05) is 30.3 Å². The van der Waals surface area contributed by atoms with Gasteiger partial charge >= 0.3 is 0 Å². The van der Waals surface area contributed by atoms with Gasteiger partial charge < -0.3 is 14.2 Å². The van der Waals surface area contributed by atoms with E-state index < -0.39 is 12.8 Å². The molecule has 106 valence electrons. The fourth-order valence-electron chi connectivity index (χ4n) is 2.04. The van der Waals surface area contributed by atoms with E-state index in [1.54, 1.807) is 0 Å². The zero-order chi connectivity index (χ0) is 13.3. The lowest BCUT2D eigenvalue weighted by molar-refractivity contribution is -0.201. The van der Waals surface area contributed by atoms with E-state index in [-0.39, 0.29) is 12.9 Å². The molecule has 1 unspecified atom stereocenters. The molecular formula is C15H21FO3. The third kappa shape index (κ3) is 5.27. The van der Waals surface area contributed by atoms with Crippen LogP contribution in [0.25, 0.3) is 0 Å². The van der Waals surface area contributed by atoms with Crippen molar-refractivity contribution in [2.24, 2.45) is 0 Å². The van der Waals surface area contributed by atoms with Crippen LogP contribution in [-0.4, -0.2) is 32.3 Å². The Hall–Kier alpha value is -0.970. The van der Waals surface area contributed by atoms with Crippen molar-refractivity contribution in [3.63, 3.8) is 0 Å². The lowest BCUT2D eigenvalue weighted by atomic mass is 10.2. The molecule has 2 atom stereocenters. The number of alkyl halides is 1. The van der Waals surface area contributed by atoms with Crippen LogP contribution in [0.5, 0.6) is 0 Å². The van der Waals surface area contributed by atoms with Gasteiger partial charge in [0.2, 0.25) is 0 Å². The van der Waals surface area contributed by atoms with Crippen molar-refractivity contribution in [1.82, 2.24) is 0 Å². The highest BCUT2D eigenvalue weighted by Gasteiger charge is 2.19. The summed E-state index contributed by atoms with van der Waals surface area (Å²) in [7, 11) is 0. The summed E-state index contributed by atoms with van der Waals surface area (Å²) in [6.45, 7) is 0.890. The molecular weight excluding hydrogens is 247 g/mol. The summed E-state index contributed by atoms with van der Waals surface area (Å²) in [6, 6.07) is 9.83. The van der Waals surface area contributed by atoms with E-state index in [0.29, 0.717) is 13.2 Å². The van der Waals surface area contributed by atoms with Gasteiger partial charge in [-0.2, -0.15) is 0 Å². The van der Waals surface area contributed by atoms with E-state index in [1.165, 1.54) is 0 Å². The molecule has 2 rings (SSSR count). The van der Waals surface area contributed by atoms with Crippen LogP contribution >= 0.6 is 0 Å². The molecule has 4 heteroatoms. The van der Waals surface area contributed by atoms with Gasteiger partial charge in [-0.25, -0.2) is 4.39 Å². The molecule has 3 nitrogen and oxygen atoms in total. The summed E-state index contributed by atoms with van der Waals surface area (Å²) >= 11 is 0. The summed E-state index contributed by atoms with van der Waals surface area (Å²) in [5.41, 5.74) is 1.08. The molecule has 1 aliphatic heterocycles. The number of hydrogen-bond acceptors (Lipinski definition) is 3. The van der Waals surface area contributed by atoms with Crippen LogP contribution in [0.3, 0.4) is 0 Å². The Morgan fingerprint density at radius 3 is 2.79 bits per heavy atom. The smallest absolute Gasteiger partial charge is 0.158 e. The van der Waals surface area contributed by atoms with Crippen LogP contribution < -0.4 is 0 Å². The first-order chi connectivity index (χ1) is 9.38. The van der Waals surface area contributed by atoms with Crippen molar-refractivity contribution in [3.8, 4) is 0 Å². The van der Waals surface area contributed by atoms with Crippen LogP contribution in [0.2, 0.25) is 0 Å². The number of rotatable bonds is 7. The molecule has 0 aliphatic carbocycles. The van der Waals surface area contributed by atoms with E-state index in [4.69, 9.17) is 14.2 Å². The van der Waals surface area contributed by atoms with Crippen LogP contribution in [0, 0.1) is 0 Å². The molecule has 0 radical (unpaired) electrons. The van der Waals surface area contributed by atoms with Crippen molar-refractivity contribution < 1.29 is 18.6 Å². The topological polar surface area (TPSA) is 27.7 Å². The molecule has 19 heavy (non-hydrogen) atoms. The van der Waals surface area contributed by atoms with Crippen LogP contribution in [0.1, 0.15) is 24.8 Å². The maximum absolute atomic E-state index is 12.9. The summed E-state index contributed by atoms with van der Waals surface area (Å²) < 4.78 is 29.4. The van der Waals surface area contributed by atoms with Gasteiger partial charge in [-0.3, -0.25) is 0 Å². The second kappa shape index (κ2) is 8.25. The molecule has 1 aromatic carbocycles. The van der Waals surface area contributed by atoms with Gasteiger partial charge in [0.1, 0.15) is 12.8 Å². The van der Waals surface area contributed by atoms with E-state index in [2.05, 4.69) is 0 Å². The Balaban J connectivity index is 1.67. The second-order valence-electron chi connectivity index (χ2n) is 4.71. The maximum Gasteiger partial charge on any atom is 0.158 e. The first kappa shape index (κ1) is 14.4. The number of benzene rings is 1. The molecule has 0 aromatic heterocycles. The molecule has 0 spiro atoms. The van der Waals surface area contributed by atoms with Crippen LogP contribution in [0.4, 0.5) is 4.39 Å². The Labute approximate surface area is 113 Å². The Bertz CT molecular complexity index is 339. The molecule has 1 heterocycles. The normalized spacial score (nSPS) is 21.2. The molecule has 0 saturated carbocycles. The Morgan fingerprint density at radius 1 is 1.26 bits per heavy atom. The first-order valence-electron chi connectivity index (χ1n) is 6.83. The molecule has 1 aromatic rings. The van der Waals surface area contributed by atoms with Gasteiger partial charge in [-0.1, -0.05) is 30.3 Å². The van der Waals surface area contributed by atoms with Gasteiger partial charge in [0.25, 0.3) is 0 Å². The lowest BCUT2D eigenvalue weighted by Crippen LogP contribution is -2.31. The first-order valence-corrected chi connectivity index (χ1v) is 6.83. The van der Waals surface area contributed by atoms with Crippen LogP contribution in [0.15, 0.2) is 30.3 Å². The van der Waals surface area contributed by atoms with E-state index in [9.17, 15) is 4.39 Å². The van der Waals surface area contributed by atoms with E-state index in [0.717, 1.165) is 24.8 Å². The molecule has 1 saturated heterocycles. The van der Waals surface area contributed by atoms with Crippen molar-refractivity contribution in [2.45, 2.75) is 38.3 Å². The van der Waals surface area contributed by atoms with Gasteiger partial charge in [-0.05, 0) is 24.8 Å². The highest BCUT2D eigenvalue weighted by atomic mass is 19.1. The van der Waals surface area contributed by atoms with Gasteiger partial charge in [0.05, 0.1) is 13.2 Å². The number of ether oxygens (including phenoxy) is 3. The monoisotopic (exact) mass is 268 g/mol. The quantitative estimate of drug-likeness (QED) is 0.760. The fraction of sp³-hybridized carbons (Fsp3) is 0.600. The molecule has 1 aliphatic rings. The minimum Gasteiger partial charge on any atom is -0.374 e. The van der Waals surface area contributed by atoms with Crippen LogP contribution in [-0.2, 0) is 20.8 Å². The molecule has 0 N–H and O–H groups in total. The Morgan fingerprint density at radius 2 is 2.11 bits per heavy atom. The van der Waals surface area contributed by atoms with E-state index >= 15 is 0 Å². The predicted octanol–water partition coefficient (Wildman–Crippen LogP) is 3.08. The molecule has 0 bridgehead atoms. The third-order valence-electron chi connectivity index (χ3n) is 3.07. The molecule has 0 amide bonds. The number of halogens is 1. The van der Waals surface area contributed by atoms with Crippen molar-refractivity contribution in [1.29, 1.82) is 0 Å². The SMILES string of the molecule is FC[C@H](COCc1ccccc1)OC1CCCCO1. The minimum atomic E-state index is -0.547. The number of hydrogen-bond donors (Lipinski definition) is 0. The summed E-state index contributed by atoms with van der Waals surface area (Å²) in [4.78, 5) is 0. The van der Waals surface area contributed by atoms with Gasteiger partial charge in [-0.15, -0.1) is 0 Å². The highest BCUT2D eigenvalue weighted by Crippen LogP contribution is 2.16. The highest BCUT2D eigenvalue weighted by molar-refractivity contribution is 5.13. The fourth-order valence-corrected chi connectivity index (χ4v) is 2.04. The van der Waals surface area contributed by atoms with Crippen molar-refractivity contribution >= 4 is 0 Å². The zero-order valence-corrected chi connectivity index (χ0v) is 11.1. The summed E-state index contributed by atoms with van der Waals surface area (Å²) in [5, 5.41) is 0. The largest absolute Gasteiger partial charge is 0.374 e. The zero-order valence-electron chi connectivity index (χ0n) is 11.1. The summed E-state index contributed by atoms with van der Waals surface area (Å²) in [6.07, 6.45) is 2.18. The Kier molecular flexibility index (Phi) is 6.27. The minimum absolute atomic E-state index is 0.255. The lowest BCUT2D eigenvalue weighted by Gasteiger charge is -2.26. The maximum atomic E-state index is 12.9. The summed E-state index contributed by atoms with van der Waals surface area (Å²) in [5.74, 6) is 0. The average molecular weight is 268 g/mol. The average Bonchev–Trinajstić information content (AvgIpc) is 2.48. The molecule has 1 fully saturated rings. The predicted molar refractivity (Wildman–Crippen MR) is 70.5 cm³/mol. The third-order valence-corrected chi connectivity index (χ3v) is 3.07. The van der Waals surface area contributed by atoms with Gasteiger partial charge in [0, 0.05) is 6.61 Å².